The van der Waals surface area contributed by atoms with Gasteiger partial charge in [-0.3, -0.25) is 0 Å². The van der Waals surface area contributed by atoms with Gasteiger partial charge in [0.1, 0.15) is 5.82 Å². The predicted octanol–water partition coefficient (Wildman–Crippen LogP) is 2.80. The van der Waals surface area contributed by atoms with Gasteiger partial charge in [-0.1, -0.05) is 19.9 Å². The van der Waals surface area contributed by atoms with Gasteiger partial charge >= 0.3 is 0 Å². The summed E-state index contributed by atoms with van der Waals surface area (Å²) in [5.74, 6) is 1.19. The molecule has 0 unspecified atom stereocenters. The second-order valence-corrected chi connectivity index (χ2v) is 6.20. The van der Waals surface area contributed by atoms with E-state index in [1.807, 2.05) is 6.20 Å². The van der Waals surface area contributed by atoms with E-state index in [2.05, 4.69) is 53.3 Å². The van der Waals surface area contributed by atoms with E-state index >= 15 is 0 Å². The molecule has 0 amide bonds. The van der Waals surface area contributed by atoms with Gasteiger partial charge in [0.15, 0.2) is 0 Å². The summed E-state index contributed by atoms with van der Waals surface area (Å²) in [5, 5.41) is 2.11. The maximum atomic E-state index is 5.83. The summed E-state index contributed by atoms with van der Waals surface area (Å²) >= 11 is 1.79. The van der Waals surface area contributed by atoms with Crippen LogP contribution in [0.3, 0.4) is 0 Å². The molecule has 5 heteroatoms. The van der Waals surface area contributed by atoms with Crippen molar-refractivity contribution in [2.24, 2.45) is 5.73 Å². The van der Waals surface area contributed by atoms with Crippen molar-refractivity contribution >= 4 is 17.0 Å². The number of rotatable bonds is 6. The van der Waals surface area contributed by atoms with Crippen LogP contribution in [0.2, 0.25) is 0 Å². The third-order valence-corrected chi connectivity index (χ3v) is 4.20. The number of thiophene rings is 1. The Balaban J connectivity index is 2.10. The molecule has 0 atom stereocenters. The lowest BCUT2D eigenvalue weighted by atomic mass is 10.2. The molecule has 20 heavy (non-hydrogen) atoms. The summed E-state index contributed by atoms with van der Waals surface area (Å²) in [4.78, 5) is 12.6. The average Bonchev–Trinajstić information content (AvgIpc) is 2.97. The van der Waals surface area contributed by atoms with Crippen molar-refractivity contribution in [3.05, 3.63) is 40.1 Å². The van der Waals surface area contributed by atoms with Gasteiger partial charge in [0.05, 0.1) is 17.6 Å². The number of nitrogens with zero attached hydrogens (tertiary/aromatic N) is 3. The second-order valence-electron chi connectivity index (χ2n) is 5.17. The largest absolute Gasteiger partial charge is 0.371 e. The minimum atomic E-state index is 0.325. The number of hydrogen-bond acceptors (Lipinski definition) is 5. The van der Waals surface area contributed by atoms with Crippen molar-refractivity contribution in [3.63, 3.8) is 0 Å². The highest BCUT2D eigenvalue weighted by molar-refractivity contribution is 7.09. The van der Waals surface area contributed by atoms with Crippen LogP contribution in [0.25, 0.3) is 0 Å². The van der Waals surface area contributed by atoms with Crippen LogP contribution in [0.15, 0.2) is 23.7 Å². The number of likely N-dealkylation sites (N-methyl/N-ethyl adjacent to an activating group) is 1. The fraction of sp³-hybridized carbons (Fsp3) is 0.467. The lowest BCUT2D eigenvalue weighted by Gasteiger charge is -2.21. The minimum Gasteiger partial charge on any atom is -0.371 e. The van der Waals surface area contributed by atoms with Gasteiger partial charge in [0.2, 0.25) is 0 Å². The molecule has 4 nitrogen and oxygen atoms in total. The molecule has 0 saturated carbocycles. The number of hydrogen-bond donors (Lipinski definition) is 1. The van der Waals surface area contributed by atoms with E-state index in [0.29, 0.717) is 12.5 Å². The molecule has 2 heterocycles. The maximum Gasteiger partial charge on any atom is 0.131 e. The van der Waals surface area contributed by atoms with Crippen LogP contribution >= 0.6 is 11.3 Å². The van der Waals surface area contributed by atoms with E-state index in [9.17, 15) is 0 Å². The molecule has 0 fully saturated rings. The van der Waals surface area contributed by atoms with Gasteiger partial charge in [-0.2, -0.15) is 0 Å². The molecule has 0 aromatic carbocycles. The lowest BCUT2D eigenvalue weighted by molar-refractivity contribution is 0.748. The van der Waals surface area contributed by atoms with E-state index in [4.69, 9.17) is 5.73 Å². The standard InChI is InChI=1S/C15H22N4S/c1-11(2)15-17-10-14(13(9-16)18-15)19(3)7-6-12-5-4-8-20-12/h4-5,8,10-11H,6-7,9,16H2,1-3H3. The first-order valence-electron chi connectivity index (χ1n) is 6.91. The summed E-state index contributed by atoms with van der Waals surface area (Å²) in [6.07, 6.45) is 2.93. The predicted molar refractivity (Wildman–Crippen MR) is 85.3 cm³/mol. The highest BCUT2D eigenvalue weighted by atomic mass is 32.1. The topological polar surface area (TPSA) is 55.0 Å². The first-order valence-corrected chi connectivity index (χ1v) is 7.79. The highest BCUT2D eigenvalue weighted by Gasteiger charge is 2.12. The molecule has 0 bridgehead atoms. The van der Waals surface area contributed by atoms with Crippen molar-refractivity contribution in [2.75, 3.05) is 18.5 Å². The smallest absolute Gasteiger partial charge is 0.131 e. The number of anilines is 1. The Morgan fingerprint density at radius 3 is 2.80 bits per heavy atom. The average molecular weight is 290 g/mol. The van der Waals surface area contributed by atoms with Crippen molar-refractivity contribution in [1.82, 2.24) is 9.97 Å². The Bertz CT molecular complexity index is 537. The summed E-state index contributed by atoms with van der Waals surface area (Å²) in [6, 6.07) is 4.26. The Morgan fingerprint density at radius 1 is 1.40 bits per heavy atom. The zero-order valence-electron chi connectivity index (χ0n) is 12.3. The molecule has 0 spiro atoms. The molecule has 2 rings (SSSR count). The van der Waals surface area contributed by atoms with Crippen LogP contribution < -0.4 is 10.6 Å². The zero-order valence-corrected chi connectivity index (χ0v) is 13.2. The van der Waals surface area contributed by atoms with Gasteiger partial charge in [-0.05, 0) is 17.9 Å². The van der Waals surface area contributed by atoms with E-state index in [1.54, 1.807) is 11.3 Å². The monoisotopic (exact) mass is 290 g/mol. The van der Waals surface area contributed by atoms with Crippen LogP contribution in [-0.4, -0.2) is 23.6 Å². The first kappa shape index (κ1) is 14.9. The van der Waals surface area contributed by atoms with E-state index in [0.717, 1.165) is 30.2 Å². The molecule has 0 aliphatic heterocycles. The van der Waals surface area contributed by atoms with Crippen LogP contribution in [0.5, 0.6) is 0 Å². The van der Waals surface area contributed by atoms with Gasteiger partial charge in [-0.15, -0.1) is 11.3 Å². The quantitative estimate of drug-likeness (QED) is 0.889. The van der Waals surface area contributed by atoms with Gasteiger partial charge in [0.25, 0.3) is 0 Å². The van der Waals surface area contributed by atoms with Crippen LogP contribution in [-0.2, 0) is 13.0 Å². The van der Waals surface area contributed by atoms with Crippen molar-refractivity contribution < 1.29 is 0 Å². The second kappa shape index (κ2) is 6.81. The zero-order chi connectivity index (χ0) is 14.5. The minimum absolute atomic E-state index is 0.325. The third-order valence-electron chi connectivity index (χ3n) is 3.26. The third kappa shape index (κ3) is 3.55. The van der Waals surface area contributed by atoms with E-state index in [-0.39, 0.29) is 0 Å². The van der Waals surface area contributed by atoms with Crippen molar-refractivity contribution in [3.8, 4) is 0 Å². The Kier molecular flexibility index (Phi) is 5.09. The molecule has 2 aromatic rings. The lowest BCUT2D eigenvalue weighted by Crippen LogP contribution is -2.23. The molecule has 0 aliphatic rings. The molecule has 0 aliphatic carbocycles. The summed E-state index contributed by atoms with van der Waals surface area (Å²) < 4.78 is 0. The summed E-state index contributed by atoms with van der Waals surface area (Å²) in [6.45, 7) is 5.57. The van der Waals surface area contributed by atoms with E-state index in [1.165, 1.54) is 4.88 Å². The first-order chi connectivity index (χ1) is 9.61. The number of aromatic nitrogens is 2. The maximum absolute atomic E-state index is 5.83. The molecule has 2 N–H and O–H groups in total. The summed E-state index contributed by atoms with van der Waals surface area (Å²) in [5.41, 5.74) is 7.80. The molecule has 2 aromatic heterocycles. The highest BCUT2D eigenvalue weighted by Crippen LogP contribution is 2.20. The van der Waals surface area contributed by atoms with Crippen molar-refractivity contribution in [1.29, 1.82) is 0 Å². The SMILES string of the molecule is CC(C)c1ncc(N(C)CCc2cccs2)c(CN)n1. The molecule has 0 radical (unpaired) electrons. The molecule has 108 valence electrons. The van der Waals surface area contributed by atoms with Crippen LogP contribution in [0.4, 0.5) is 5.69 Å². The Labute approximate surface area is 124 Å². The van der Waals surface area contributed by atoms with Gasteiger partial charge < -0.3 is 10.6 Å². The molecular formula is C15H22N4S. The Morgan fingerprint density at radius 2 is 2.20 bits per heavy atom. The molecule has 0 saturated heterocycles. The fourth-order valence-corrected chi connectivity index (χ4v) is 2.72. The Hall–Kier alpha value is -1.46. The van der Waals surface area contributed by atoms with Crippen molar-refractivity contribution in [2.45, 2.75) is 32.7 Å². The van der Waals surface area contributed by atoms with Crippen LogP contribution in [0, 0.1) is 0 Å². The normalized spacial score (nSPS) is 11.1. The summed E-state index contributed by atoms with van der Waals surface area (Å²) in [7, 11) is 2.07. The van der Waals surface area contributed by atoms with E-state index < -0.39 is 0 Å². The van der Waals surface area contributed by atoms with Gasteiger partial charge in [0, 0.05) is 30.9 Å². The van der Waals surface area contributed by atoms with Crippen LogP contribution in [0.1, 0.15) is 36.2 Å². The van der Waals surface area contributed by atoms with Gasteiger partial charge in [-0.25, -0.2) is 9.97 Å². The fourth-order valence-electron chi connectivity index (χ4n) is 2.03. The number of nitrogens with two attached hydrogens (primary N) is 1. The molecular weight excluding hydrogens is 268 g/mol.